The highest BCUT2D eigenvalue weighted by Crippen LogP contribution is 2.27. The van der Waals surface area contributed by atoms with Crippen molar-refractivity contribution >= 4 is 45.2 Å². The second kappa shape index (κ2) is 7.33. The number of rotatable bonds is 4. The lowest BCUT2D eigenvalue weighted by Crippen LogP contribution is -2.25. The zero-order valence-corrected chi connectivity index (χ0v) is 15.7. The van der Waals surface area contributed by atoms with E-state index in [1.807, 2.05) is 12.1 Å². The van der Waals surface area contributed by atoms with Gasteiger partial charge in [0.1, 0.15) is 23.9 Å². The largest absolute Gasteiger partial charge is 0.488 e. The van der Waals surface area contributed by atoms with Gasteiger partial charge < -0.3 is 10.1 Å². The number of likely N-dealkylation sites (N-methyl/N-ethyl adjacent to an activating group) is 1. The molecule has 1 aliphatic heterocycles. The number of ether oxygens (including phenoxy) is 1. The number of carbonyl (C=O) groups is 1. The van der Waals surface area contributed by atoms with Crippen LogP contribution in [0.2, 0.25) is 0 Å². The van der Waals surface area contributed by atoms with Crippen LogP contribution in [0.3, 0.4) is 0 Å². The molecule has 0 radical (unpaired) electrons. The van der Waals surface area contributed by atoms with Crippen LogP contribution < -0.4 is 10.1 Å². The first-order chi connectivity index (χ1) is 12.0. The van der Waals surface area contributed by atoms with E-state index >= 15 is 0 Å². The van der Waals surface area contributed by atoms with Crippen LogP contribution in [0.4, 0.5) is 4.39 Å². The molecule has 1 saturated heterocycles. The Balaban J connectivity index is 1.88. The predicted molar refractivity (Wildman–Crippen MR) is 101 cm³/mol. The fourth-order valence-electron chi connectivity index (χ4n) is 2.31. The fraction of sp³-hybridized carbons (Fsp3) is 0.111. The van der Waals surface area contributed by atoms with Crippen LogP contribution in [0.25, 0.3) is 6.08 Å². The third-order valence-corrected chi connectivity index (χ3v) is 4.56. The molecule has 3 rings (SSSR count). The normalized spacial score (nSPS) is 15.6. The van der Waals surface area contributed by atoms with E-state index in [0.29, 0.717) is 27.7 Å². The van der Waals surface area contributed by atoms with E-state index in [1.165, 1.54) is 11.0 Å². The first-order valence-corrected chi connectivity index (χ1v) is 8.62. The molecule has 0 saturated carbocycles. The molecule has 1 fully saturated rings. The van der Waals surface area contributed by atoms with E-state index in [4.69, 9.17) is 17.0 Å². The minimum atomic E-state index is -0.320. The molecular weight excluding hydrogens is 407 g/mol. The van der Waals surface area contributed by atoms with Gasteiger partial charge in [0.2, 0.25) is 0 Å². The summed E-state index contributed by atoms with van der Waals surface area (Å²) in [4.78, 5) is 13.5. The third-order valence-electron chi connectivity index (χ3n) is 3.69. The Labute approximate surface area is 158 Å². The van der Waals surface area contributed by atoms with Gasteiger partial charge in [-0.3, -0.25) is 9.69 Å². The Kier molecular flexibility index (Phi) is 5.15. The molecule has 25 heavy (non-hydrogen) atoms. The number of benzene rings is 2. The second-order valence-corrected chi connectivity index (χ2v) is 6.72. The third kappa shape index (κ3) is 3.88. The molecule has 0 aliphatic carbocycles. The van der Waals surface area contributed by atoms with Crippen LogP contribution >= 0.6 is 28.1 Å². The average molecular weight is 421 g/mol. The van der Waals surface area contributed by atoms with Gasteiger partial charge in [0.25, 0.3) is 5.91 Å². The number of amides is 1. The van der Waals surface area contributed by atoms with Gasteiger partial charge in [-0.15, -0.1) is 0 Å². The Morgan fingerprint density at radius 3 is 2.76 bits per heavy atom. The van der Waals surface area contributed by atoms with Crippen LogP contribution in [0.5, 0.6) is 5.75 Å². The van der Waals surface area contributed by atoms with Gasteiger partial charge in [-0.2, -0.15) is 0 Å². The van der Waals surface area contributed by atoms with E-state index in [9.17, 15) is 9.18 Å². The van der Waals surface area contributed by atoms with E-state index in [2.05, 4.69) is 21.2 Å². The van der Waals surface area contributed by atoms with Crippen LogP contribution in [-0.4, -0.2) is 23.0 Å². The summed E-state index contributed by atoms with van der Waals surface area (Å²) in [7, 11) is 1.61. The van der Waals surface area contributed by atoms with Crippen LogP contribution in [0.15, 0.2) is 52.6 Å². The molecule has 2 aromatic carbocycles. The topological polar surface area (TPSA) is 41.6 Å². The van der Waals surface area contributed by atoms with E-state index < -0.39 is 0 Å². The number of nitrogens with zero attached hydrogens (tertiary/aromatic N) is 1. The molecule has 0 unspecified atom stereocenters. The first-order valence-electron chi connectivity index (χ1n) is 7.42. The van der Waals surface area contributed by atoms with Crippen molar-refractivity contribution in [2.45, 2.75) is 6.61 Å². The SMILES string of the molecule is CN1C(=O)C(=Cc2cc(Br)ccc2OCc2ccccc2F)NC1=S. The highest BCUT2D eigenvalue weighted by atomic mass is 79.9. The molecule has 1 N–H and O–H groups in total. The molecule has 0 spiro atoms. The van der Waals surface area contributed by atoms with Gasteiger partial charge in [-0.1, -0.05) is 34.1 Å². The van der Waals surface area contributed by atoms with Crippen molar-refractivity contribution in [3.05, 3.63) is 69.6 Å². The lowest BCUT2D eigenvalue weighted by atomic mass is 10.1. The maximum atomic E-state index is 13.7. The Hall–Kier alpha value is -2.25. The highest BCUT2D eigenvalue weighted by Gasteiger charge is 2.27. The van der Waals surface area contributed by atoms with E-state index in [1.54, 1.807) is 37.4 Å². The minimum absolute atomic E-state index is 0.0875. The summed E-state index contributed by atoms with van der Waals surface area (Å²) < 4.78 is 20.3. The molecule has 7 heteroatoms. The molecule has 1 aliphatic rings. The summed E-state index contributed by atoms with van der Waals surface area (Å²) >= 11 is 8.48. The number of hydrogen-bond acceptors (Lipinski definition) is 3. The summed E-state index contributed by atoms with van der Waals surface area (Å²) in [5, 5.41) is 3.22. The van der Waals surface area contributed by atoms with Crippen molar-refractivity contribution in [1.29, 1.82) is 0 Å². The number of thiocarbonyl (C=S) groups is 1. The summed E-state index contributed by atoms with van der Waals surface area (Å²) in [5.74, 6) is -0.00168. The predicted octanol–water partition coefficient (Wildman–Crippen LogP) is 3.85. The molecule has 4 nitrogen and oxygen atoms in total. The summed E-state index contributed by atoms with van der Waals surface area (Å²) in [5.41, 5.74) is 1.50. The number of carbonyl (C=O) groups excluding carboxylic acids is 1. The second-order valence-electron chi connectivity index (χ2n) is 5.41. The van der Waals surface area contributed by atoms with Crippen LogP contribution in [0.1, 0.15) is 11.1 Å². The average Bonchev–Trinajstić information content (AvgIpc) is 2.82. The lowest BCUT2D eigenvalue weighted by Gasteiger charge is -2.11. The quantitative estimate of drug-likeness (QED) is 0.602. The molecule has 128 valence electrons. The number of nitrogens with one attached hydrogen (secondary N) is 1. The zero-order chi connectivity index (χ0) is 18.0. The van der Waals surface area contributed by atoms with E-state index in [0.717, 1.165) is 4.47 Å². The molecular formula is C18H14BrFN2O2S. The van der Waals surface area contributed by atoms with Crippen LogP contribution in [-0.2, 0) is 11.4 Å². The van der Waals surface area contributed by atoms with Crippen molar-refractivity contribution in [3.63, 3.8) is 0 Å². The molecule has 1 heterocycles. The van der Waals surface area contributed by atoms with Gasteiger partial charge in [-0.05, 0) is 42.6 Å². The van der Waals surface area contributed by atoms with Gasteiger partial charge in [-0.25, -0.2) is 4.39 Å². The number of hydrogen-bond donors (Lipinski definition) is 1. The van der Waals surface area contributed by atoms with E-state index in [-0.39, 0.29) is 18.3 Å². The molecule has 0 aromatic heterocycles. The van der Waals surface area contributed by atoms with Crippen molar-refractivity contribution in [3.8, 4) is 5.75 Å². The van der Waals surface area contributed by atoms with Crippen molar-refractivity contribution in [2.24, 2.45) is 0 Å². The van der Waals surface area contributed by atoms with Gasteiger partial charge in [0, 0.05) is 22.6 Å². The van der Waals surface area contributed by atoms with Gasteiger partial charge >= 0.3 is 0 Å². The Morgan fingerprint density at radius 1 is 1.32 bits per heavy atom. The Bertz CT molecular complexity index is 885. The maximum absolute atomic E-state index is 13.7. The summed E-state index contributed by atoms with van der Waals surface area (Å²) in [6.07, 6.45) is 1.67. The summed E-state index contributed by atoms with van der Waals surface area (Å²) in [6.45, 7) is 0.0875. The maximum Gasteiger partial charge on any atom is 0.276 e. The summed E-state index contributed by atoms with van der Waals surface area (Å²) in [6, 6.07) is 11.8. The van der Waals surface area contributed by atoms with Gasteiger partial charge in [0.15, 0.2) is 5.11 Å². The highest BCUT2D eigenvalue weighted by molar-refractivity contribution is 9.10. The fourth-order valence-corrected chi connectivity index (χ4v) is 2.88. The van der Waals surface area contributed by atoms with Crippen LogP contribution in [0, 0.1) is 5.82 Å². The van der Waals surface area contributed by atoms with Crippen molar-refractivity contribution < 1.29 is 13.9 Å². The van der Waals surface area contributed by atoms with Gasteiger partial charge in [0.05, 0.1) is 0 Å². The molecule has 0 atom stereocenters. The minimum Gasteiger partial charge on any atom is -0.488 e. The standard InChI is InChI=1S/C18H14BrFN2O2S/c1-22-17(23)15(21-18(22)25)9-12-8-13(19)6-7-16(12)24-10-11-4-2-3-5-14(11)20/h2-9H,10H2,1H3,(H,21,25). The van der Waals surface area contributed by atoms with Crippen molar-refractivity contribution in [2.75, 3.05) is 7.05 Å². The smallest absolute Gasteiger partial charge is 0.276 e. The monoisotopic (exact) mass is 420 g/mol. The number of halogens is 2. The van der Waals surface area contributed by atoms with Crippen molar-refractivity contribution in [1.82, 2.24) is 10.2 Å². The lowest BCUT2D eigenvalue weighted by molar-refractivity contribution is -0.121. The Morgan fingerprint density at radius 2 is 2.08 bits per heavy atom. The first kappa shape index (κ1) is 17.6. The molecule has 1 amide bonds. The zero-order valence-electron chi connectivity index (χ0n) is 13.3. The molecule has 0 bridgehead atoms. The molecule has 2 aromatic rings.